The number of nitrogens with one attached hydrogen (secondary N) is 1. The molecule has 1 aromatic heterocycles. The Balaban J connectivity index is 1.74. The molecular formula is C22H21NO4. The van der Waals surface area contributed by atoms with Gasteiger partial charge in [0, 0.05) is 34.8 Å². The minimum Gasteiger partial charge on any atom is -0.508 e. The highest BCUT2D eigenvalue weighted by atomic mass is 16.5. The van der Waals surface area contributed by atoms with Gasteiger partial charge >= 0.3 is 0 Å². The first-order valence-electron chi connectivity index (χ1n) is 9.17. The Morgan fingerprint density at radius 1 is 1.19 bits per heavy atom. The summed E-state index contributed by atoms with van der Waals surface area (Å²) in [6.45, 7) is 2.18. The molecule has 3 N–H and O–H groups in total. The maximum absolute atomic E-state index is 12.6. The largest absolute Gasteiger partial charge is 0.508 e. The van der Waals surface area contributed by atoms with E-state index in [0.717, 1.165) is 41.8 Å². The number of phenolic OH excluding ortho intramolecular Hbond substituents is 2. The van der Waals surface area contributed by atoms with Crippen molar-refractivity contribution in [3.63, 3.8) is 0 Å². The zero-order chi connectivity index (χ0) is 19.0. The number of carbonyl (C=O) groups is 1. The zero-order valence-corrected chi connectivity index (χ0v) is 15.1. The van der Waals surface area contributed by atoms with Gasteiger partial charge in [0.05, 0.1) is 0 Å². The Kier molecular flexibility index (Phi) is 4.36. The van der Waals surface area contributed by atoms with Crippen LogP contribution in [0.15, 0.2) is 42.3 Å². The molecule has 0 fully saturated rings. The molecule has 5 nitrogen and oxygen atoms in total. The molecule has 4 rings (SSSR count). The lowest BCUT2D eigenvalue weighted by molar-refractivity contribution is 0.101. The second-order valence-electron chi connectivity index (χ2n) is 6.82. The van der Waals surface area contributed by atoms with Crippen molar-refractivity contribution < 1.29 is 19.7 Å². The van der Waals surface area contributed by atoms with Crippen molar-refractivity contribution in [2.24, 2.45) is 0 Å². The van der Waals surface area contributed by atoms with Gasteiger partial charge in [-0.05, 0) is 30.5 Å². The summed E-state index contributed by atoms with van der Waals surface area (Å²) in [7, 11) is 0. The van der Waals surface area contributed by atoms with Crippen molar-refractivity contribution >= 4 is 22.8 Å². The van der Waals surface area contributed by atoms with Crippen LogP contribution in [0.25, 0.3) is 17.0 Å². The Hall–Kier alpha value is -3.21. The van der Waals surface area contributed by atoms with Gasteiger partial charge in [0.15, 0.2) is 5.76 Å². The number of H-pyrrole nitrogens is 1. The van der Waals surface area contributed by atoms with E-state index in [9.17, 15) is 15.0 Å². The first-order valence-corrected chi connectivity index (χ1v) is 9.17. The average molecular weight is 363 g/mol. The number of fused-ring (bicyclic) bond motifs is 2. The maximum Gasteiger partial charge on any atom is 0.235 e. The lowest BCUT2D eigenvalue weighted by atomic mass is 10.00. The molecule has 0 radical (unpaired) electrons. The Morgan fingerprint density at radius 2 is 2.04 bits per heavy atom. The van der Waals surface area contributed by atoms with Crippen molar-refractivity contribution in [3.05, 3.63) is 59.0 Å². The molecule has 2 heterocycles. The lowest BCUT2D eigenvalue weighted by Gasteiger charge is -2.05. The highest BCUT2D eigenvalue weighted by Gasteiger charge is 2.31. The molecule has 2 aromatic carbocycles. The quantitative estimate of drug-likeness (QED) is 0.443. The zero-order valence-electron chi connectivity index (χ0n) is 15.1. The molecule has 138 valence electrons. The number of allylic oxidation sites excluding steroid dienone is 1. The number of carbonyl (C=O) groups excluding carboxylic acids is 1. The van der Waals surface area contributed by atoms with E-state index < -0.39 is 0 Å². The number of hydrogen-bond acceptors (Lipinski definition) is 4. The molecule has 0 saturated carbocycles. The van der Waals surface area contributed by atoms with Crippen molar-refractivity contribution in [1.82, 2.24) is 4.98 Å². The molecule has 0 unspecified atom stereocenters. The van der Waals surface area contributed by atoms with Crippen LogP contribution in [0.2, 0.25) is 0 Å². The number of ketones is 1. The van der Waals surface area contributed by atoms with Crippen LogP contribution in [-0.4, -0.2) is 21.0 Å². The van der Waals surface area contributed by atoms with Gasteiger partial charge in [0.2, 0.25) is 5.78 Å². The lowest BCUT2D eigenvalue weighted by Crippen LogP contribution is -1.98. The minimum atomic E-state index is -0.389. The van der Waals surface area contributed by atoms with Crippen molar-refractivity contribution in [2.45, 2.75) is 32.6 Å². The van der Waals surface area contributed by atoms with Crippen LogP contribution in [0.1, 0.15) is 47.7 Å². The number of aromatic hydroxyl groups is 2. The van der Waals surface area contributed by atoms with Gasteiger partial charge < -0.3 is 19.9 Å². The van der Waals surface area contributed by atoms with Gasteiger partial charge in [-0.25, -0.2) is 0 Å². The summed E-state index contributed by atoms with van der Waals surface area (Å²) in [6.07, 6.45) is 7.99. The molecule has 0 atom stereocenters. The normalized spacial score (nSPS) is 14.7. The van der Waals surface area contributed by atoms with Crippen LogP contribution in [-0.2, 0) is 6.42 Å². The number of aromatic nitrogens is 1. The third-order valence-corrected chi connectivity index (χ3v) is 4.90. The molecule has 0 amide bonds. The number of aromatic amines is 1. The molecule has 0 saturated heterocycles. The fourth-order valence-electron chi connectivity index (χ4n) is 3.60. The Bertz CT molecular complexity index is 1060. The number of ether oxygens (including phenoxy) is 1. The van der Waals surface area contributed by atoms with E-state index in [-0.39, 0.29) is 34.4 Å². The topological polar surface area (TPSA) is 82.6 Å². The predicted molar refractivity (Wildman–Crippen MR) is 104 cm³/mol. The van der Waals surface area contributed by atoms with Gasteiger partial charge in [-0.2, -0.15) is 0 Å². The van der Waals surface area contributed by atoms with E-state index in [2.05, 4.69) is 18.0 Å². The minimum absolute atomic E-state index is 0.0852. The molecule has 27 heavy (non-hydrogen) atoms. The first-order chi connectivity index (χ1) is 13.1. The molecule has 5 heteroatoms. The monoisotopic (exact) mass is 363 g/mol. The number of benzene rings is 2. The van der Waals surface area contributed by atoms with Crippen molar-refractivity contribution in [2.75, 3.05) is 0 Å². The second kappa shape index (κ2) is 6.83. The van der Waals surface area contributed by atoms with E-state index in [1.807, 2.05) is 18.3 Å². The summed E-state index contributed by atoms with van der Waals surface area (Å²) in [5.74, 6) is -0.509. The van der Waals surface area contributed by atoms with Gasteiger partial charge in [0.1, 0.15) is 22.8 Å². The van der Waals surface area contributed by atoms with Gasteiger partial charge in [-0.15, -0.1) is 0 Å². The van der Waals surface area contributed by atoms with Crippen LogP contribution in [0.3, 0.4) is 0 Å². The number of phenols is 2. The Morgan fingerprint density at radius 3 is 2.85 bits per heavy atom. The summed E-state index contributed by atoms with van der Waals surface area (Å²) >= 11 is 0. The molecule has 0 aliphatic carbocycles. The summed E-state index contributed by atoms with van der Waals surface area (Å²) in [5, 5.41) is 20.7. The van der Waals surface area contributed by atoms with Gasteiger partial charge in [0.25, 0.3) is 0 Å². The highest BCUT2D eigenvalue weighted by molar-refractivity contribution is 6.16. The van der Waals surface area contributed by atoms with Crippen molar-refractivity contribution in [3.8, 4) is 17.2 Å². The molecule has 0 spiro atoms. The summed E-state index contributed by atoms with van der Waals surface area (Å²) in [5.41, 5.74) is 3.20. The maximum atomic E-state index is 12.6. The fraction of sp³-hybridized carbons (Fsp3) is 0.227. The van der Waals surface area contributed by atoms with Crippen LogP contribution < -0.4 is 4.74 Å². The molecule has 3 aromatic rings. The molecule has 1 aliphatic heterocycles. The third-order valence-electron chi connectivity index (χ3n) is 4.90. The standard InChI is InChI=1S/C22H21NO4/c1-2-3-4-6-13-7-5-8-16-20(13)14(12-23-16)9-19-22(26)21-17(25)10-15(24)11-18(21)27-19/h5,7-12,23-25H,2-4,6H2,1H3/b19-9-. The molecule has 1 aliphatic rings. The molecule has 0 bridgehead atoms. The van der Waals surface area contributed by atoms with Crippen LogP contribution in [0.4, 0.5) is 0 Å². The Labute approximate surface area is 156 Å². The second-order valence-corrected chi connectivity index (χ2v) is 6.82. The summed E-state index contributed by atoms with van der Waals surface area (Å²) in [4.78, 5) is 15.9. The van der Waals surface area contributed by atoms with E-state index in [1.165, 1.54) is 18.1 Å². The first kappa shape index (κ1) is 17.2. The van der Waals surface area contributed by atoms with E-state index in [4.69, 9.17) is 4.74 Å². The number of hydrogen-bond donors (Lipinski definition) is 3. The number of aryl methyl sites for hydroxylation is 1. The van der Waals surface area contributed by atoms with E-state index in [1.54, 1.807) is 6.08 Å². The highest BCUT2D eigenvalue weighted by Crippen LogP contribution is 2.41. The van der Waals surface area contributed by atoms with E-state index in [0.29, 0.717) is 0 Å². The van der Waals surface area contributed by atoms with Crippen LogP contribution in [0.5, 0.6) is 17.2 Å². The number of rotatable bonds is 5. The van der Waals surface area contributed by atoms with Crippen LogP contribution in [0, 0.1) is 0 Å². The predicted octanol–water partition coefficient (Wildman–Crippen LogP) is 4.93. The SMILES string of the molecule is CCCCCc1cccc2[nH]cc(/C=C3\Oc4cc(O)cc(O)c4C3=O)c12. The van der Waals surface area contributed by atoms with Crippen molar-refractivity contribution in [1.29, 1.82) is 0 Å². The van der Waals surface area contributed by atoms with Gasteiger partial charge in [-0.3, -0.25) is 4.79 Å². The summed E-state index contributed by atoms with van der Waals surface area (Å²) < 4.78 is 5.62. The van der Waals surface area contributed by atoms with Gasteiger partial charge in [-0.1, -0.05) is 31.9 Å². The number of Topliss-reactive ketones (excluding diaryl/α,β-unsaturated/α-hetero) is 1. The molecular weight excluding hydrogens is 342 g/mol. The smallest absolute Gasteiger partial charge is 0.235 e. The van der Waals surface area contributed by atoms with Crippen LogP contribution >= 0.6 is 0 Å². The number of unbranched alkanes of at least 4 members (excludes halogenated alkanes) is 2. The average Bonchev–Trinajstić information content (AvgIpc) is 3.17. The fourth-order valence-corrected chi connectivity index (χ4v) is 3.60. The van der Waals surface area contributed by atoms with E-state index >= 15 is 0 Å². The summed E-state index contributed by atoms with van der Waals surface area (Å²) in [6, 6.07) is 8.63. The third kappa shape index (κ3) is 3.05.